The molecule has 2 rings (SSSR count). The Labute approximate surface area is 79.8 Å². The van der Waals surface area contributed by atoms with E-state index < -0.39 is 0 Å². The van der Waals surface area contributed by atoms with Gasteiger partial charge in [0.15, 0.2) is 0 Å². The van der Waals surface area contributed by atoms with Crippen molar-refractivity contribution in [3.05, 3.63) is 0 Å². The first kappa shape index (κ1) is 9.44. The highest BCUT2D eigenvalue weighted by Gasteiger charge is 2.19. The predicted octanol–water partition coefficient (Wildman–Crippen LogP) is 0.791. The maximum Gasteiger partial charge on any atom is 0.0830 e. The van der Waals surface area contributed by atoms with Crippen molar-refractivity contribution in [2.45, 2.75) is 25.4 Å². The maximum atomic E-state index is 5.79. The molecular weight excluding hydrogens is 166 g/mol. The lowest BCUT2D eigenvalue weighted by molar-refractivity contribution is 0.0162. The molecule has 2 fully saturated rings. The summed E-state index contributed by atoms with van der Waals surface area (Å²) < 4.78 is 11.0. The molecule has 0 aromatic rings. The SMILES string of the molecule is C1CC(COC2CCOC2)CCN1. The Bertz CT molecular complexity index is 140. The number of ether oxygens (including phenoxy) is 2. The van der Waals surface area contributed by atoms with Gasteiger partial charge in [0.2, 0.25) is 0 Å². The van der Waals surface area contributed by atoms with E-state index in [4.69, 9.17) is 9.47 Å². The van der Waals surface area contributed by atoms with Gasteiger partial charge in [-0.05, 0) is 38.3 Å². The molecule has 2 saturated heterocycles. The molecule has 1 N–H and O–H groups in total. The fraction of sp³-hybridized carbons (Fsp3) is 1.00. The Hall–Kier alpha value is -0.120. The first-order valence-corrected chi connectivity index (χ1v) is 5.35. The summed E-state index contributed by atoms with van der Waals surface area (Å²) in [5.74, 6) is 0.779. The first-order valence-electron chi connectivity index (χ1n) is 5.35. The first-order chi connectivity index (χ1) is 6.45. The molecule has 2 aliphatic heterocycles. The molecule has 13 heavy (non-hydrogen) atoms. The van der Waals surface area contributed by atoms with E-state index in [9.17, 15) is 0 Å². The minimum absolute atomic E-state index is 0.384. The topological polar surface area (TPSA) is 30.5 Å². The van der Waals surface area contributed by atoms with Crippen molar-refractivity contribution in [1.29, 1.82) is 0 Å². The van der Waals surface area contributed by atoms with E-state index in [0.717, 1.165) is 45.2 Å². The molecule has 0 spiro atoms. The average molecular weight is 185 g/mol. The van der Waals surface area contributed by atoms with Crippen LogP contribution in [-0.4, -0.2) is 39.0 Å². The van der Waals surface area contributed by atoms with Crippen molar-refractivity contribution in [3.63, 3.8) is 0 Å². The van der Waals surface area contributed by atoms with Crippen LogP contribution in [0, 0.1) is 5.92 Å². The number of piperidine rings is 1. The highest BCUT2D eigenvalue weighted by atomic mass is 16.5. The zero-order valence-electron chi connectivity index (χ0n) is 8.13. The molecule has 76 valence electrons. The Morgan fingerprint density at radius 3 is 2.77 bits per heavy atom. The molecule has 3 heteroatoms. The summed E-state index contributed by atoms with van der Waals surface area (Å²) in [4.78, 5) is 0. The molecule has 3 nitrogen and oxygen atoms in total. The van der Waals surface area contributed by atoms with Gasteiger partial charge in [0, 0.05) is 13.2 Å². The van der Waals surface area contributed by atoms with Crippen molar-refractivity contribution in [3.8, 4) is 0 Å². The van der Waals surface area contributed by atoms with Gasteiger partial charge in [0.1, 0.15) is 0 Å². The van der Waals surface area contributed by atoms with E-state index in [1.54, 1.807) is 0 Å². The molecule has 0 bridgehead atoms. The molecule has 2 aliphatic rings. The van der Waals surface area contributed by atoms with Gasteiger partial charge in [0.05, 0.1) is 12.7 Å². The van der Waals surface area contributed by atoms with E-state index in [1.165, 1.54) is 12.8 Å². The molecule has 2 heterocycles. The van der Waals surface area contributed by atoms with Gasteiger partial charge in [0.25, 0.3) is 0 Å². The summed E-state index contributed by atoms with van der Waals surface area (Å²) in [6.45, 7) is 4.96. The Morgan fingerprint density at radius 2 is 2.08 bits per heavy atom. The molecule has 0 aliphatic carbocycles. The van der Waals surface area contributed by atoms with Crippen LogP contribution in [0.2, 0.25) is 0 Å². The molecule has 1 unspecified atom stereocenters. The lowest BCUT2D eigenvalue weighted by Crippen LogP contribution is -2.31. The molecular formula is C10H19NO2. The number of nitrogens with one attached hydrogen (secondary N) is 1. The van der Waals surface area contributed by atoms with E-state index >= 15 is 0 Å². The van der Waals surface area contributed by atoms with E-state index in [0.29, 0.717) is 6.10 Å². The summed E-state index contributed by atoms with van der Waals surface area (Å²) in [5, 5.41) is 3.36. The molecule has 0 amide bonds. The standard InChI is InChI=1S/C10H19NO2/c1-4-11-5-2-9(1)7-13-10-3-6-12-8-10/h9-11H,1-8H2. The van der Waals surface area contributed by atoms with Crippen molar-refractivity contribution < 1.29 is 9.47 Å². The van der Waals surface area contributed by atoms with Crippen LogP contribution in [0.25, 0.3) is 0 Å². The van der Waals surface area contributed by atoms with Crippen LogP contribution in [0.3, 0.4) is 0 Å². The van der Waals surface area contributed by atoms with Gasteiger partial charge in [-0.3, -0.25) is 0 Å². The van der Waals surface area contributed by atoms with Crippen molar-refractivity contribution in [1.82, 2.24) is 5.32 Å². The van der Waals surface area contributed by atoms with Gasteiger partial charge in [-0.15, -0.1) is 0 Å². The van der Waals surface area contributed by atoms with Gasteiger partial charge in [-0.1, -0.05) is 0 Å². The largest absolute Gasteiger partial charge is 0.379 e. The van der Waals surface area contributed by atoms with Crippen LogP contribution in [0.1, 0.15) is 19.3 Å². The van der Waals surface area contributed by atoms with Crippen LogP contribution in [0.5, 0.6) is 0 Å². The Balaban J connectivity index is 1.60. The van der Waals surface area contributed by atoms with Crippen LogP contribution in [0.15, 0.2) is 0 Å². The third-order valence-electron chi connectivity index (χ3n) is 2.91. The number of hydrogen-bond acceptors (Lipinski definition) is 3. The second kappa shape index (κ2) is 4.94. The third kappa shape index (κ3) is 2.93. The summed E-state index contributed by atoms with van der Waals surface area (Å²) >= 11 is 0. The molecule has 0 aromatic carbocycles. The fourth-order valence-electron chi connectivity index (χ4n) is 1.96. The summed E-state index contributed by atoms with van der Waals surface area (Å²) in [6.07, 6.45) is 4.02. The highest BCUT2D eigenvalue weighted by Crippen LogP contribution is 2.15. The zero-order valence-corrected chi connectivity index (χ0v) is 8.13. The summed E-state index contributed by atoms with van der Waals surface area (Å²) in [6, 6.07) is 0. The number of hydrogen-bond donors (Lipinski definition) is 1. The molecule has 1 atom stereocenters. The second-order valence-electron chi connectivity index (χ2n) is 4.01. The normalized spacial score (nSPS) is 30.9. The van der Waals surface area contributed by atoms with Crippen molar-refractivity contribution in [2.75, 3.05) is 32.9 Å². The zero-order chi connectivity index (χ0) is 8.93. The quantitative estimate of drug-likeness (QED) is 0.705. The second-order valence-corrected chi connectivity index (χ2v) is 4.01. The summed E-state index contributed by atoms with van der Waals surface area (Å²) in [7, 11) is 0. The third-order valence-corrected chi connectivity index (χ3v) is 2.91. The highest BCUT2D eigenvalue weighted by molar-refractivity contribution is 4.70. The van der Waals surface area contributed by atoms with Crippen molar-refractivity contribution in [2.24, 2.45) is 5.92 Å². The average Bonchev–Trinajstić information content (AvgIpc) is 2.69. The minimum Gasteiger partial charge on any atom is -0.379 e. The van der Waals surface area contributed by atoms with Gasteiger partial charge >= 0.3 is 0 Å². The summed E-state index contributed by atoms with van der Waals surface area (Å²) in [5.41, 5.74) is 0. The van der Waals surface area contributed by atoms with Crippen LogP contribution >= 0.6 is 0 Å². The molecule has 0 radical (unpaired) electrons. The molecule has 0 saturated carbocycles. The lowest BCUT2D eigenvalue weighted by atomic mass is 9.99. The monoisotopic (exact) mass is 185 g/mol. The van der Waals surface area contributed by atoms with E-state index in [1.807, 2.05) is 0 Å². The lowest BCUT2D eigenvalue weighted by Gasteiger charge is -2.23. The Kier molecular flexibility index (Phi) is 3.58. The van der Waals surface area contributed by atoms with Crippen LogP contribution < -0.4 is 5.32 Å². The molecule has 0 aromatic heterocycles. The van der Waals surface area contributed by atoms with Gasteiger partial charge in [-0.25, -0.2) is 0 Å². The maximum absolute atomic E-state index is 5.79. The number of rotatable bonds is 3. The fourth-order valence-corrected chi connectivity index (χ4v) is 1.96. The van der Waals surface area contributed by atoms with Crippen LogP contribution in [0.4, 0.5) is 0 Å². The predicted molar refractivity (Wildman–Crippen MR) is 50.8 cm³/mol. The van der Waals surface area contributed by atoms with E-state index in [2.05, 4.69) is 5.32 Å². The van der Waals surface area contributed by atoms with Crippen molar-refractivity contribution >= 4 is 0 Å². The smallest absolute Gasteiger partial charge is 0.0830 e. The van der Waals surface area contributed by atoms with E-state index in [-0.39, 0.29) is 0 Å². The minimum atomic E-state index is 0.384. The Morgan fingerprint density at radius 1 is 1.23 bits per heavy atom. The van der Waals surface area contributed by atoms with Gasteiger partial charge in [-0.2, -0.15) is 0 Å². The van der Waals surface area contributed by atoms with Crippen LogP contribution in [-0.2, 0) is 9.47 Å². The van der Waals surface area contributed by atoms with Gasteiger partial charge < -0.3 is 14.8 Å².